The highest BCUT2D eigenvalue weighted by Gasteiger charge is 2.21. The van der Waals surface area contributed by atoms with Crippen LogP contribution in [0.5, 0.6) is 5.75 Å². The van der Waals surface area contributed by atoms with E-state index >= 15 is 0 Å². The molecular weight excluding hydrogens is 426 g/mol. The number of pyridine rings is 1. The van der Waals surface area contributed by atoms with Crippen molar-refractivity contribution in [1.82, 2.24) is 14.9 Å². The molecule has 1 saturated heterocycles. The number of hydrogen-bond donors (Lipinski definition) is 1. The molecule has 168 valence electrons. The number of fused-ring (bicyclic) bond motifs is 1. The third kappa shape index (κ3) is 5.53. The molecule has 3 heterocycles. The number of aromatic nitrogens is 2. The van der Waals surface area contributed by atoms with Gasteiger partial charge < -0.3 is 19.9 Å². The molecule has 3 aromatic rings. The SMILES string of the molecule is CCOc1ccc(NC(=O)CCC(=O)N2CCCN(c3nc4cccnc4s3)CC2)cc1. The predicted octanol–water partition coefficient (Wildman–Crippen LogP) is 3.55. The lowest BCUT2D eigenvalue weighted by Gasteiger charge is -2.21. The molecule has 0 unspecified atom stereocenters. The van der Waals surface area contributed by atoms with Crippen LogP contribution in [0.2, 0.25) is 0 Å². The third-order valence-electron chi connectivity index (χ3n) is 5.29. The summed E-state index contributed by atoms with van der Waals surface area (Å²) in [6, 6.07) is 11.1. The van der Waals surface area contributed by atoms with E-state index in [0.29, 0.717) is 25.4 Å². The van der Waals surface area contributed by atoms with Gasteiger partial charge in [0.05, 0.1) is 6.61 Å². The molecule has 1 aliphatic heterocycles. The number of thiazole rings is 1. The van der Waals surface area contributed by atoms with Crippen molar-refractivity contribution in [3.63, 3.8) is 0 Å². The van der Waals surface area contributed by atoms with Gasteiger partial charge in [-0.2, -0.15) is 0 Å². The van der Waals surface area contributed by atoms with Crippen molar-refractivity contribution >= 4 is 44.3 Å². The molecule has 1 aliphatic rings. The molecule has 1 N–H and O–H groups in total. The average Bonchev–Trinajstić information content (AvgIpc) is 3.08. The summed E-state index contributed by atoms with van der Waals surface area (Å²) in [5, 5.41) is 3.78. The smallest absolute Gasteiger partial charge is 0.224 e. The van der Waals surface area contributed by atoms with Crippen LogP contribution in [0.3, 0.4) is 0 Å². The second-order valence-corrected chi connectivity index (χ2v) is 8.51. The lowest BCUT2D eigenvalue weighted by atomic mass is 10.2. The summed E-state index contributed by atoms with van der Waals surface area (Å²) in [6.45, 7) is 5.42. The number of amides is 2. The number of hydrogen-bond acceptors (Lipinski definition) is 7. The normalized spacial score (nSPS) is 14.3. The molecule has 8 nitrogen and oxygen atoms in total. The standard InChI is InChI=1S/C23H27N5O3S/c1-2-31-18-8-6-17(7-9-18)25-20(29)10-11-21(30)27-13-4-14-28(16-15-27)23-26-19-5-3-12-24-22(19)32-23/h3,5-9,12H,2,4,10-11,13-16H2,1H3,(H,25,29). The van der Waals surface area contributed by atoms with Gasteiger partial charge in [-0.3, -0.25) is 9.59 Å². The van der Waals surface area contributed by atoms with E-state index in [9.17, 15) is 9.59 Å². The molecule has 32 heavy (non-hydrogen) atoms. The van der Waals surface area contributed by atoms with Gasteiger partial charge in [-0.25, -0.2) is 9.97 Å². The third-order valence-corrected chi connectivity index (χ3v) is 6.33. The van der Waals surface area contributed by atoms with Crippen LogP contribution in [-0.4, -0.2) is 59.5 Å². The van der Waals surface area contributed by atoms with Crippen LogP contribution in [-0.2, 0) is 9.59 Å². The van der Waals surface area contributed by atoms with Crippen molar-refractivity contribution in [2.75, 3.05) is 43.0 Å². The monoisotopic (exact) mass is 453 g/mol. The first-order valence-electron chi connectivity index (χ1n) is 10.9. The van der Waals surface area contributed by atoms with Crippen LogP contribution < -0.4 is 15.0 Å². The minimum absolute atomic E-state index is 0.0136. The van der Waals surface area contributed by atoms with Gasteiger partial charge in [0, 0.05) is 50.9 Å². The van der Waals surface area contributed by atoms with E-state index in [4.69, 9.17) is 4.74 Å². The fraction of sp³-hybridized carbons (Fsp3) is 0.391. The molecule has 0 aliphatic carbocycles. The Hall–Kier alpha value is -3.20. The molecule has 2 aromatic heterocycles. The number of carbonyl (C=O) groups is 2. The first kappa shape index (κ1) is 22.0. The molecule has 2 amide bonds. The summed E-state index contributed by atoms with van der Waals surface area (Å²) in [6.07, 6.45) is 3.01. The van der Waals surface area contributed by atoms with Crippen LogP contribution in [0.15, 0.2) is 42.6 Å². The van der Waals surface area contributed by atoms with Crippen molar-refractivity contribution in [3.8, 4) is 5.75 Å². The van der Waals surface area contributed by atoms with Crippen LogP contribution >= 0.6 is 11.3 Å². The second kappa shape index (κ2) is 10.4. The Morgan fingerprint density at radius 2 is 1.94 bits per heavy atom. The van der Waals surface area contributed by atoms with E-state index in [1.807, 2.05) is 36.1 Å². The highest BCUT2D eigenvalue weighted by molar-refractivity contribution is 7.21. The predicted molar refractivity (Wildman–Crippen MR) is 126 cm³/mol. The van der Waals surface area contributed by atoms with Crippen molar-refractivity contribution in [2.45, 2.75) is 26.2 Å². The number of anilines is 2. The molecule has 9 heteroatoms. The van der Waals surface area contributed by atoms with Gasteiger partial charge in [0.15, 0.2) is 5.13 Å². The Bertz CT molecular complexity index is 1040. The minimum atomic E-state index is -0.166. The average molecular weight is 454 g/mol. The second-order valence-electron chi connectivity index (χ2n) is 7.55. The van der Waals surface area contributed by atoms with Crippen molar-refractivity contribution in [3.05, 3.63) is 42.6 Å². The van der Waals surface area contributed by atoms with Gasteiger partial charge in [-0.05, 0) is 49.7 Å². The lowest BCUT2D eigenvalue weighted by molar-refractivity contribution is -0.132. The minimum Gasteiger partial charge on any atom is -0.494 e. The maximum Gasteiger partial charge on any atom is 0.224 e. The topological polar surface area (TPSA) is 87.7 Å². The fourth-order valence-corrected chi connectivity index (χ4v) is 4.62. The summed E-state index contributed by atoms with van der Waals surface area (Å²) >= 11 is 1.58. The number of rotatable bonds is 7. The summed E-state index contributed by atoms with van der Waals surface area (Å²) < 4.78 is 5.40. The van der Waals surface area contributed by atoms with E-state index in [-0.39, 0.29) is 24.7 Å². The molecule has 1 fully saturated rings. The maximum absolute atomic E-state index is 12.7. The Balaban J connectivity index is 1.25. The Labute approximate surface area is 191 Å². The Morgan fingerprint density at radius 3 is 2.72 bits per heavy atom. The van der Waals surface area contributed by atoms with Gasteiger partial charge >= 0.3 is 0 Å². The highest BCUT2D eigenvalue weighted by atomic mass is 32.1. The lowest BCUT2D eigenvalue weighted by Crippen LogP contribution is -2.35. The number of benzene rings is 1. The molecule has 1 aromatic carbocycles. The molecule has 0 radical (unpaired) electrons. The molecule has 4 rings (SSSR count). The largest absolute Gasteiger partial charge is 0.494 e. The zero-order chi connectivity index (χ0) is 22.3. The molecular formula is C23H27N5O3S. The molecule has 0 saturated carbocycles. The number of nitrogens with one attached hydrogen (secondary N) is 1. The van der Waals surface area contributed by atoms with Crippen LogP contribution in [0.1, 0.15) is 26.2 Å². The van der Waals surface area contributed by atoms with Gasteiger partial charge in [-0.15, -0.1) is 0 Å². The van der Waals surface area contributed by atoms with Crippen LogP contribution in [0, 0.1) is 0 Å². The van der Waals surface area contributed by atoms with E-state index in [0.717, 1.165) is 40.7 Å². The summed E-state index contributed by atoms with van der Waals surface area (Å²) in [5.41, 5.74) is 1.60. The van der Waals surface area contributed by atoms with Crippen LogP contribution in [0.4, 0.5) is 10.8 Å². The summed E-state index contributed by atoms with van der Waals surface area (Å²) in [4.78, 5) is 39.0. The van der Waals surface area contributed by atoms with E-state index < -0.39 is 0 Å². The Kier molecular flexibility index (Phi) is 7.16. The first-order valence-corrected chi connectivity index (χ1v) is 11.7. The van der Waals surface area contributed by atoms with Crippen molar-refractivity contribution < 1.29 is 14.3 Å². The van der Waals surface area contributed by atoms with E-state index in [1.54, 1.807) is 29.7 Å². The quantitative estimate of drug-likeness (QED) is 0.589. The number of nitrogens with zero attached hydrogens (tertiary/aromatic N) is 4. The zero-order valence-corrected chi connectivity index (χ0v) is 18.9. The van der Waals surface area contributed by atoms with Gasteiger partial charge in [0.1, 0.15) is 16.1 Å². The zero-order valence-electron chi connectivity index (χ0n) is 18.1. The summed E-state index contributed by atoms with van der Waals surface area (Å²) in [5.74, 6) is 0.610. The Morgan fingerprint density at radius 1 is 1.09 bits per heavy atom. The van der Waals surface area contributed by atoms with Crippen molar-refractivity contribution in [2.24, 2.45) is 0 Å². The van der Waals surface area contributed by atoms with Crippen molar-refractivity contribution in [1.29, 1.82) is 0 Å². The first-order chi connectivity index (χ1) is 15.6. The van der Waals surface area contributed by atoms with E-state index in [2.05, 4.69) is 20.2 Å². The molecule has 0 atom stereocenters. The fourth-order valence-electron chi connectivity index (χ4n) is 3.66. The van der Waals surface area contributed by atoms with E-state index in [1.165, 1.54) is 0 Å². The van der Waals surface area contributed by atoms with Gasteiger partial charge in [-0.1, -0.05) is 11.3 Å². The number of ether oxygens (including phenoxy) is 1. The van der Waals surface area contributed by atoms with Gasteiger partial charge in [0.2, 0.25) is 11.8 Å². The van der Waals surface area contributed by atoms with Gasteiger partial charge in [0.25, 0.3) is 0 Å². The molecule has 0 spiro atoms. The summed E-state index contributed by atoms with van der Waals surface area (Å²) in [7, 11) is 0. The molecule has 0 bridgehead atoms. The number of carbonyl (C=O) groups excluding carboxylic acids is 2. The van der Waals surface area contributed by atoms with Crippen LogP contribution in [0.25, 0.3) is 10.3 Å². The highest BCUT2D eigenvalue weighted by Crippen LogP contribution is 2.27. The maximum atomic E-state index is 12.7.